The van der Waals surface area contributed by atoms with Gasteiger partial charge in [0.25, 0.3) is 0 Å². The van der Waals surface area contributed by atoms with Crippen LogP contribution in [0.3, 0.4) is 0 Å². The van der Waals surface area contributed by atoms with Crippen LogP contribution in [0.4, 0.5) is 4.79 Å². The van der Waals surface area contributed by atoms with Crippen molar-refractivity contribution in [2.45, 2.75) is 52.0 Å². The highest BCUT2D eigenvalue weighted by atomic mass is 16.5. The molecule has 0 aliphatic rings. The molecule has 2 rings (SSSR count). The molecule has 0 radical (unpaired) electrons. The average molecular weight is 343 g/mol. The Kier molecular flexibility index (Phi) is 6.23. The number of hydrogen-bond acceptors (Lipinski definition) is 3. The van der Waals surface area contributed by atoms with Crippen LogP contribution in [-0.2, 0) is 17.2 Å². The van der Waals surface area contributed by atoms with Gasteiger partial charge in [0.2, 0.25) is 0 Å². The molecule has 5 heteroatoms. The van der Waals surface area contributed by atoms with Crippen LogP contribution < -0.4 is 5.32 Å². The Morgan fingerprint density at radius 3 is 2.48 bits per heavy atom. The van der Waals surface area contributed by atoms with E-state index < -0.39 is 6.09 Å². The van der Waals surface area contributed by atoms with Crippen LogP contribution in [0.5, 0.6) is 0 Å². The summed E-state index contributed by atoms with van der Waals surface area (Å²) in [4.78, 5) is 16.6. The maximum atomic E-state index is 12.2. The molecule has 25 heavy (non-hydrogen) atoms. The Morgan fingerprint density at radius 2 is 1.96 bits per heavy atom. The number of imidazole rings is 1. The molecule has 1 aromatic heterocycles. The normalized spacial score (nSPS) is 12.7. The lowest BCUT2D eigenvalue weighted by atomic mass is 9.86. The van der Waals surface area contributed by atoms with Gasteiger partial charge in [0.05, 0.1) is 6.61 Å². The number of ether oxygens (including phenoxy) is 1. The van der Waals surface area contributed by atoms with Crippen molar-refractivity contribution in [2.24, 2.45) is 7.05 Å². The number of rotatable bonds is 6. The van der Waals surface area contributed by atoms with Crippen molar-refractivity contribution in [1.82, 2.24) is 14.9 Å². The van der Waals surface area contributed by atoms with E-state index in [1.165, 1.54) is 5.56 Å². The zero-order valence-corrected chi connectivity index (χ0v) is 15.9. The summed E-state index contributed by atoms with van der Waals surface area (Å²) >= 11 is 0. The van der Waals surface area contributed by atoms with Crippen molar-refractivity contribution in [2.75, 3.05) is 6.61 Å². The molecule has 0 saturated heterocycles. The number of hydrogen-bond donors (Lipinski definition) is 1. The van der Waals surface area contributed by atoms with Crippen molar-refractivity contribution in [1.29, 1.82) is 0 Å². The van der Waals surface area contributed by atoms with Gasteiger partial charge < -0.3 is 14.6 Å². The maximum Gasteiger partial charge on any atom is 0.407 e. The Bertz CT molecular complexity index is 684. The summed E-state index contributed by atoms with van der Waals surface area (Å²) in [6.07, 6.45) is 5.04. The van der Waals surface area contributed by atoms with E-state index in [-0.39, 0.29) is 11.5 Å². The fourth-order valence-corrected chi connectivity index (χ4v) is 2.60. The third-order valence-electron chi connectivity index (χ3n) is 4.22. The number of aryl methyl sites for hydroxylation is 1. The second kappa shape index (κ2) is 8.19. The minimum absolute atomic E-state index is 0.0871. The standard InChI is InChI=1S/C20H29N3O2/c1-6-7-14-25-19(24)22-17(18-21-12-13-23(18)5)15-8-10-16(11-9-15)20(2,3)4/h8-13,17H,6-7,14H2,1-5H3,(H,22,24). The number of nitrogens with one attached hydrogen (secondary N) is 1. The van der Waals surface area contributed by atoms with Gasteiger partial charge in [-0.1, -0.05) is 58.4 Å². The molecule has 1 heterocycles. The molecule has 1 atom stereocenters. The molecule has 1 amide bonds. The highest BCUT2D eigenvalue weighted by molar-refractivity contribution is 5.68. The number of nitrogens with zero attached hydrogens (tertiary/aromatic N) is 2. The molecule has 136 valence electrons. The predicted molar refractivity (Wildman–Crippen MR) is 99.6 cm³/mol. The quantitative estimate of drug-likeness (QED) is 0.794. The van der Waals surface area contributed by atoms with Gasteiger partial charge in [-0.2, -0.15) is 0 Å². The third-order valence-corrected chi connectivity index (χ3v) is 4.22. The van der Waals surface area contributed by atoms with Gasteiger partial charge >= 0.3 is 6.09 Å². The zero-order chi connectivity index (χ0) is 18.4. The second-order valence-corrected chi connectivity index (χ2v) is 7.34. The minimum atomic E-state index is -0.415. The predicted octanol–water partition coefficient (Wildman–Crippen LogP) is 4.33. The van der Waals surface area contributed by atoms with Crippen molar-refractivity contribution in [3.8, 4) is 0 Å². The Balaban J connectivity index is 2.23. The fraction of sp³-hybridized carbons (Fsp3) is 0.500. The second-order valence-electron chi connectivity index (χ2n) is 7.34. The molecule has 1 unspecified atom stereocenters. The first-order valence-corrected chi connectivity index (χ1v) is 8.84. The van der Waals surface area contributed by atoms with Crippen molar-refractivity contribution in [3.05, 3.63) is 53.6 Å². The molecule has 0 bridgehead atoms. The van der Waals surface area contributed by atoms with Gasteiger partial charge in [-0.3, -0.25) is 0 Å². The molecule has 2 aromatic rings. The van der Waals surface area contributed by atoms with E-state index >= 15 is 0 Å². The van der Waals surface area contributed by atoms with E-state index in [0.29, 0.717) is 6.61 Å². The monoisotopic (exact) mass is 343 g/mol. The van der Waals surface area contributed by atoms with E-state index in [2.05, 4.69) is 50.1 Å². The summed E-state index contributed by atoms with van der Waals surface area (Å²) in [5.74, 6) is 0.774. The fourth-order valence-electron chi connectivity index (χ4n) is 2.60. The molecule has 0 fully saturated rings. The van der Waals surface area contributed by atoms with Gasteiger partial charge in [-0.15, -0.1) is 0 Å². The van der Waals surface area contributed by atoms with Crippen LogP contribution in [0.15, 0.2) is 36.7 Å². The maximum absolute atomic E-state index is 12.2. The lowest BCUT2D eigenvalue weighted by Crippen LogP contribution is -2.32. The average Bonchev–Trinajstić information content (AvgIpc) is 2.98. The van der Waals surface area contributed by atoms with Crippen LogP contribution >= 0.6 is 0 Å². The van der Waals surface area contributed by atoms with Gasteiger partial charge in [0.15, 0.2) is 0 Å². The summed E-state index contributed by atoms with van der Waals surface area (Å²) in [7, 11) is 1.92. The molecule has 1 aromatic carbocycles. The summed E-state index contributed by atoms with van der Waals surface area (Å²) in [6.45, 7) is 9.04. The van der Waals surface area contributed by atoms with Gasteiger partial charge in [-0.05, 0) is 23.0 Å². The lowest BCUT2D eigenvalue weighted by Gasteiger charge is -2.22. The van der Waals surface area contributed by atoms with E-state index in [4.69, 9.17) is 4.74 Å². The molecule has 1 N–H and O–H groups in total. The van der Waals surface area contributed by atoms with E-state index in [1.54, 1.807) is 6.20 Å². The lowest BCUT2D eigenvalue weighted by molar-refractivity contribution is 0.141. The molecule has 0 spiro atoms. The largest absolute Gasteiger partial charge is 0.450 e. The number of aromatic nitrogens is 2. The van der Waals surface area contributed by atoms with Crippen LogP contribution in [0.25, 0.3) is 0 Å². The number of alkyl carbamates (subject to hydrolysis) is 1. The zero-order valence-electron chi connectivity index (χ0n) is 15.9. The molecule has 0 aliphatic heterocycles. The first kappa shape index (κ1) is 19.0. The number of benzene rings is 1. The van der Waals surface area contributed by atoms with Crippen LogP contribution in [0.2, 0.25) is 0 Å². The number of carbonyl (C=O) groups is 1. The SMILES string of the molecule is CCCCOC(=O)NC(c1ccc(C(C)(C)C)cc1)c1nccn1C. The third kappa shape index (κ3) is 5.08. The van der Waals surface area contributed by atoms with Crippen LogP contribution in [0.1, 0.15) is 63.5 Å². The Hall–Kier alpha value is -2.30. The van der Waals surface area contributed by atoms with Crippen LogP contribution in [0, 0.1) is 0 Å². The van der Waals surface area contributed by atoms with Crippen LogP contribution in [-0.4, -0.2) is 22.3 Å². The number of carbonyl (C=O) groups excluding carboxylic acids is 1. The van der Waals surface area contributed by atoms with Gasteiger partial charge in [0, 0.05) is 19.4 Å². The summed E-state index contributed by atoms with van der Waals surface area (Å²) in [5, 5.41) is 2.95. The molecular weight excluding hydrogens is 314 g/mol. The van der Waals surface area contributed by atoms with Crippen molar-refractivity contribution < 1.29 is 9.53 Å². The number of unbranched alkanes of at least 4 members (excludes halogenated alkanes) is 1. The summed E-state index contributed by atoms with van der Waals surface area (Å²) < 4.78 is 7.17. The highest BCUT2D eigenvalue weighted by Gasteiger charge is 2.22. The smallest absolute Gasteiger partial charge is 0.407 e. The molecule has 0 aliphatic carbocycles. The van der Waals surface area contributed by atoms with E-state index in [0.717, 1.165) is 24.2 Å². The number of amides is 1. The highest BCUT2D eigenvalue weighted by Crippen LogP contribution is 2.26. The topological polar surface area (TPSA) is 56.1 Å². The van der Waals surface area contributed by atoms with Gasteiger partial charge in [-0.25, -0.2) is 9.78 Å². The van der Waals surface area contributed by atoms with E-state index in [9.17, 15) is 4.79 Å². The summed E-state index contributed by atoms with van der Waals surface area (Å²) in [6, 6.07) is 7.96. The van der Waals surface area contributed by atoms with Crippen molar-refractivity contribution in [3.63, 3.8) is 0 Å². The Labute approximate surface area is 150 Å². The minimum Gasteiger partial charge on any atom is -0.450 e. The Morgan fingerprint density at radius 1 is 1.28 bits per heavy atom. The first-order chi connectivity index (χ1) is 11.8. The molecular formula is C20H29N3O2. The van der Waals surface area contributed by atoms with E-state index in [1.807, 2.05) is 29.9 Å². The molecule has 5 nitrogen and oxygen atoms in total. The first-order valence-electron chi connectivity index (χ1n) is 8.84. The van der Waals surface area contributed by atoms with Crippen molar-refractivity contribution >= 4 is 6.09 Å². The molecule has 0 saturated carbocycles. The van der Waals surface area contributed by atoms with Gasteiger partial charge in [0.1, 0.15) is 11.9 Å². The summed E-state index contributed by atoms with van der Waals surface area (Å²) in [5.41, 5.74) is 2.32.